The van der Waals surface area contributed by atoms with Crippen LogP contribution in [0.5, 0.6) is 0 Å². The zero-order valence-electron chi connectivity index (χ0n) is 10.2. The van der Waals surface area contributed by atoms with Crippen LogP contribution in [0.25, 0.3) is 0 Å². The summed E-state index contributed by atoms with van der Waals surface area (Å²) in [4.78, 5) is 13.6. The first-order valence-electron chi connectivity index (χ1n) is 5.99. The van der Waals surface area contributed by atoms with Crippen molar-refractivity contribution in [3.63, 3.8) is 0 Å². The molecule has 2 heterocycles. The molecule has 0 N–H and O–H groups in total. The van der Waals surface area contributed by atoms with Crippen molar-refractivity contribution in [2.24, 2.45) is 0 Å². The van der Waals surface area contributed by atoms with Crippen LogP contribution in [0.15, 0.2) is 0 Å². The van der Waals surface area contributed by atoms with Gasteiger partial charge in [0, 0.05) is 24.0 Å². The van der Waals surface area contributed by atoms with Crippen LogP contribution in [0.1, 0.15) is 46.5 Å². The van der Waals surface area contributed by atoms with Crippen molar-refractivity contribution in [3.8, 4) is 12.0 Å². The first-order chi connectivity index (χ1) is 7.46. The molecule has 2 bridgehead atoms. The highest BCUT2D eigenvalue weighted by molar-refractivity contribution is 5.88. The van der Waals surface area contributed by atoms with Crippen LogP contribution in [0, 0.1) is 12.0 Å². The Bertz CT molecular complexity index is 325. The van der Waals surface area contributed by atoms with Gasteiger partial charge in [0.15, 0.2) is 0 Å². The molecule has 16 heavy (non-hydrogen) atoms. The Hall–Kier alpha value is -1.17. The predicted molar refractivity (Wildman–Crippen MR) is 61.5 cm³/mol. The maximum atomic E-state index is 11.4. The van der Waals surface area contributed by atoms with E-state index in [0.717, 1.165) is 0 Å². The molecule has 0 aromatic heterocycles. The number of hydrogen-bond donors (Lipinski definition) is 0. The van der Waals surface area contributed by atoms with Gasteiger partial charge in [0.25, 0.3) is 0 Å². The van der Waals surface area contributed by atoms with Gasteiger partial charge in [0.2, 0.25) is 0 Å². The lowest BCUT2D eigenvalue weighted by molar-refractivity contribution is -0.147. The average Bonchev–Trinajstić information content (AvgIpc) is 2.70. The molecular weight excluding hydrogens is 202 g/mol. The fraction of sp³-hybridized carbons (Fsp3) is 0.769. The van der Waals surface area contributed by atoms with E-state index in [2.05, 4.69) is 16.9 Å². The van der Waals surface area contributed by atoms with Crippen molar-refractivity contribution in [3.05, 3.63) is 0 Å². The fourth-order valence-electron chi connectivity index (χ4n) is 2.51. The molecule has 2 aliphatic heterocycles. The molecule has 3 nitrogen and oxygen atoms in total. The Labute approximate surface area is 97.1 Å². The highest BCUT2D eigenvalue weighted by Gasteiger charge is 2.37. The van der Waals surface area contributed by atoms with Gasteiger partial charge in [-0.05, 0) is 46.5 Å². The van der Waals surface area contributed by atoms with Crippen molar-refractivity contribution < 1.29 is 9.53 Å². The molecule has 0 unspecified atom stereocenters. The number of carbonyl (C=O) groups excluding carboxylic acids is 1. The van der Waals surface area contributed by atoms with Crippen LogP contribution in [0.3, 0.4) is 0 Å². The van der Waals surface area contributed by atoms with Gasteiger partial charge < -0.3 is 9.64 Å². The zero-order chi connectivity index (χ0) is 11.8. The molecule has 0 atom stereocenters. The minimum Gasteiger partial charge on any atom is -0.450 e. The van der Waals surface area contributed by atoms with Gasteiger partial charge in [0.1, 0.15) is 5.60 Å². The summed E-state index contributed by atoms with van der Waals surface area (Å²) in [6.07, 6.45) is 4.92. The highest BCUT2D eigenvalue weighted by atomic mass is 16.6. The van der Waals surface area contributed by atoms with E-state index in [-0.39, 0.29) is 0 Å². The summed E-state index contributed by atoms with van der Waals surface area (Å²) < 4.78 is 5.15. The largest absolute Gasteiger partial charge is 0.450 e. The van der Waals surface area contributed by atoms with E-state index in [4.69, 9.17) is 4.74 Å². The first-order valence-corrected chi connectivity index (χ1v) is 5.99. The third-order valence-corrected chi connectivity index (χ3v) is 3.14. The summed E-state index contributed by atoms with van der Waals surface area (Å²) in [7, 11) is 0. The molecule has 3 heteroatoms. The first kappa shape index (κ1) is 11.3. The molecule has 0 aromatic rings. The van der Waals surface area contributed by atoms with Gasteiger partial charge in [-0.15, -0.1) is 0 Å². The molecule has 88 valence electrons. The Morgan fingerprint density at radius 2 is 1.69 bits per heavy atom. The maximum Gasteiger partial charge on any atom is 0.386 e. The van der Waals surface area contributed by atoms with Gasteiger partial charge >= 0.3 is 5.97 Å². The smallest absolute Gasteiger partial charge is 0.386 e. The molecule has 2 rings (SSSR count). The monoisotopic (exact) mass is 221 g/mol. The van der Waals surface area contributed by atoms with E-state index in [1.54, 1.807) is 0 Å². The minimum atomic E-state index is -0.449. The second-order valence-corrected chi connectivity index (χ2v) is 5.61. The second-order valence-electron chi connectivity index (χ2n) is 5.61. The van der Waals surface area contributed by atoms with Crippen molar-refractivity contribution in [2.75, 3.05) is 0 Å². The third-order valence-electron chi connectivity index (χ3n) is 3.14. The molecule has 0 saturated carbocycles. The van der Waals surface area contributed by atoms with Crippen LogP contribution in [-0.2, 0) is 9.53 Å². The van der Waals surface area contributed by atoms with E-state index >= 15 is 0 Å². The van der Waals surface area contributed by atoms with Crippen molar-refractivity contribution >= 4 is 5.97 Å². The van der Waals surface area contributed by atoms with E-state index in [9.17, 15) is 4.79 Å². The van der Waals surface area contributed by atoms with Gasteiger partial charge in [-0.3, -0.25) is 0 Å². The van der Waals surface area contributed by atoms with Gasteiger partial charge in [-0.2, -0.15) is 0 Å². The molecule has 0 aromatic carbocycles. The molecule has 0 radical (unpaired) electrons. The summed E-state index contributed by atoms with van der Waals surface area (Å²) in [5, 5.41) is 0. The van der Waals surface area contributed by atoms with Gasteiger partial charge in [-0.25, -0.2) is 4.79 Å². The van der Waals surface area contributed by atoms with Crippen molar-refractivity contribution in [1.82, 2.24) is 4.90 Å². The molecule has 0 aliphatic carbocycles. The summed E-state index contributed by atoms with van der Waals surface area (Å²) in [5.41, 5.74) is -0.449. The Morgan fingerprint density at radius 3 is 2.12 bits per heavy atom. The zero-order valence-corrected chi connectivity index (χ0v) is 10.2. The van der Waals surface area contributed by atoms with E-state index in [1.165, 1.54) is 25.7 Å². The third kappa shape index (κ3) is 2.49. The molecule has 2 aliphatic rings. The topological polar surface area (TPSA) is 29.5 Å². The molecular formula is C13H19NO2. The number of rotatable bonds is 0. The molecule has 2 fully saturated rings. The van der Waals surface area contributed by atoms with Crippen molar-refractivity contribution in [2.45, 2.75) is 64.1 Å². The van der Waals surface area contributed by atoms with Crippen molar-refractivity contribution in [1.29, 1.82) is 0 Å². The maximum absolute atomic E-state index is 11.4. The standard InChI is InChI=1S/C13H19NO2/c1-13(2,3)16-12(15)8-9-14-10-4-5-11(14)7-6-10/h10-11H,4-7H2,1-3H3. The van der Waals surface area contributed by atoms with E-state index in [1.807, 2.05) is 20.8 Å². The lowest BCUT2D eigenvalue weighted by Gasteiger charge is -2.18. The number of carbonyl (C=O) groups is 1. The Balaban J connectivity index is 1.93. The lowest BCUT2D eigenvalue weighted by atomic mass is 10.0. The SMILES string of the molecule is CC(C)(C)OC(=O)C#CN1C2CCC1CC2. The summed E-state index contributed by atoms with van der Waals surface area (Å²) in [6, 6.07) is 4.14. The van der Waals surface area contributed by atoms with Crippen LogP contribution < -0.4 is 0 Å². The average molecular weight is 221 g/mol. The van der Waals surface area contributed by atoms with Crippen LogP contribution >= 0.6 is 0 Å². The number of hydrogen-bond acceptors (Lipinski definition) is 3. The lowest BCUT2D eigenvalue weighted by Crippen LogP contribution is -2.25. The van der Waals surface area contributed by atoms with E-state index in [0.29, 0.717) is 12.1 Å². The quantitative estimate of drug-likeness (QED) is 0.462. The summed E-state index contributed by atoms with van der Waals surface area (Å²) in [5.74, 6) is 2.18. The fourth-order valence-corrected chi connectivity index (χ4v) is 2.51. The minimum absolute atomic E-state index is 0.418. The Kier molecular flexibility index (Phi) is 2.84. The van der Waals surface area contributed by atoms with Crippen LogP contribution in [0.4, 0.5) is 0 Å². The molecule has 0 amide bonds. The van der Waals surface area contributed by atoms with Gasteiger partial charge in [-0.1, -0.05) is 0 Å². The number of nitrogens with zero attached hydrogens (tertiary/aromatic N) is 1. The summed E-state index contributed by atoms with van der Waals surface area (Å²) >= 11 is 0. The Morgan fingerprint density at radius 1 is 1.19 bits per heavy atom. The van der Waals surface area contributed by atoms with Crippen LogP contribution in [0.2, 0.25) is 0 Å². The molecule has 0 spiro atoms. The van der Waals surface area contributed by atoms with E-state index < -0.39 is 11.6 Å². The van der Waals surface area contributed by atoms with Crippen LogP contribution in [-0.4, -0.2) is 28.6 Å². The predicted octanol–water partition coefficient (Wildman–Crippen LogP) is 1.92. The highest BCUT2D eigenvalue weighted by Crippen LogP contribution is 2.36. The number of esters is 1. The number of fused-ring (bicyclic) bond motifs is 2. The second kappa shape index (κ2) is 4.01. The number of ether oxygens (including phenoxy) is 1. The summed E-state index contributed by atoms with van der Waals surface area (Å²) in [6.45, 7) is 5.56. The normalized spacial score (nSPS) is 27.6. The molecule has 2 saturated heterocycles. The van der Waals surface area contributed by atoms with Gasteiger partial charge in [0.05, 0.1) is 0 Å².